The minimum atomic E-state index is -0.242. The molecule has 0 aliphatic heterocycles. The van der Waals surface area contributed by atoms with Crippen molar-refractivity contribution in [2.24, 2.45) is 0 Å². The van der Waals surface area contributed by atoms with Crippen LogP contribution < -0.4 is 5.32 Å². The third-order valence-electron chi connectivity index (χ3n) is 5.23. The number of fused-ring (bicyclic) bond motifs is 3. The van der Waals surface area contributed by atoms with Gasteiger partial charge in [-0.15, -0.1) is 21.5 Å². The molecule has 7 heteroatoms. The van der Waals surface area contributed by atoms with Crippen LogP contribution in [-0.4, -0.2) is 25.8 Å². The molecule has 5 nitrogen and oxygen atoms in total. The fourth-order valence-corrected chi connectivity index (χ4v) is 5.27. The Labute approximate surface area is 184 Å². The molecule has 4 rings (SSSR count). The van der Waals surface area contributed by atoms with Crippen molar-refractivity contribution in [3.63, 3.8) is 0 Å². The quantitative estimate of drug-likeness (QED) is 0.352. The number of carbonyl (C=O) groups is 1. The van der Waals surface area contributed by atoms with Crippen LogP contribution in [0.2, 0.25) is 0 Å². The van der Waals surface area contributed by atoms with Crippen molar-refractivity contribution in [1.29, 1.82) is 0 Å². The molecule has 30 heavy (non-hydrogen) atoms. The van der Waals surface area contributed by atoms with Crippen LogP contribution in [0, 0.1) is 0 Å². The lowest BCUT2D eigenvalue weighted by Crippen LogP contribution is -2.25. The predicted molar refractivity (Wildman–Crippen MR) is 127 cm³/mol. The average Bonchev–Trinajstić information content (AvgIpc) is 3.34. The lowest BCUT2D eigenvalue weighted by molar-refractivity contribution is -0.115. The number of aromatic nitrogens is 3. The van der Waals surface area contributed by atoms with Crippen molar-refractivity contribution >= 4 is 50.4 Å². The number of anilines is 1. The number of thioether (sulfide) groups is 1. The fraction of sp³-hybridized carbons (Fsp3) is 0.348. The van der Waals surface area contributed by atoms with Crippen LogP contribution in [-0.2, 0) is 11.2 Å². The molecule has 0 bridgehead atoms. The SMILES string of the molecule is CCc1nnc(S[C@@H](CC)C(=O)Nc2ccc(C(C)C)cc2)c2cc3sccc3n12. The van der Waals surface area contributed by atoms with Crippen molar-refractivity contribution in [1.82, 2.24) is 14.6 Å². The molecule has 1 atom stereocenters. The van der Waals surface area contributed by atoms with E-state index in [2.05, 4.69) is 70.3 Å². The standard InChI is InChI=1S/C23H26N4OS2/c1-5-19(22(28)24-16-9-7-15(8-10-16)14(3)4)30-23-18-13-20-17(11-12-29-20)27(18)21(6-2)25-26-23/h7-14,19H,5-6H2,1-4H3,(H,24,28)/t19-/m0/s1. The zero-order valence-electron chi connectivity index (χ0n) is 17.7. The van der Waals surface area contributed by atoms with Crippen LogP contribution in [0.4, 0.5) is 5.69 Å². The molecule has 1 N–H and O–H groups in total. The number of benzene rings is 1. The second kappa shape index (κ2) is 8.78. The van der Waals surface area contributed by atoms with Gasteiger partial charge < -0.3 is 5.32 Å². The Kier molecular flexibility index (Phi) is 6.11. The van der Waals surface area contributed by atoms with Gasteiger partial charge in [0.15, 0.2) is 0 Å². The third-order valence-corrected chi connectivity index (χ3v) is 7.43. The number of amides is 1. The first-order valence-electron chi connectivity index (χ1n) is 10.3. The molecule has 156 valence electrons. The number of hydrogen-bond acceptors (Lipinski definition) is 5. The highest BCUT2D eigenvalue weighted by Gasteiger charge is 2.22. The van der Waals surface area contributed by atoms with Crippen LogP contribution in [0.1, 0.15) is 51.4 Å². The van der Waals surface area contributed by atoms with Gasteiger partial charge in [0.2, 0.25) is 5.91 Å². The molecule has 0 aliphatic rings. The summed E-state index contributed by atoms with van der Waals surface area (Å²) in [7, 11) is 0. The summed E-state index contributed by atoms with van der Waals surface area (Å²) in [4.78, 5) is 13.0. The molecule has 0 saturated heterocycles. The Morgan fingerprint density at radius 1 is 1.13 bits per heavy atom. The molecule has 0 radical (unpaired) electrons. The number of hydrogen-bond donors (Lipinski definition) is 1. The number of carbonyl (C=O) groups excluding carboxylic acids is 1. The van der Waals surface area contributed by atoms with Crippen LogP contribution in [0.15, 0.2) is 46.8 Å². The molecule has 0 saturated carbocycles. The number of nitrogens with one attached hydrogen (secondary N) is 1. The summed E-state index contributed by atoms with van der Waals surface area (Å²) >= 11 is 3.20. The molecule has 3 aromatic heterocycles. The van der Waals surface area contributed by atoms with E-state index in [4.69, 9.17) is 0 Å². The molecule has 0 fully saturated rings. The highest BCUT2D eigenvalue weighted by molar-refractivity contribution is 8.00. The summed E-state index contributed by atoms with van der Waals surface area (Å²) in [6, 6.07) is 12.4. The zero-order chi connectivity index (χ0) is 21.3. The Hall–Kier alpha value is -2.38. The lowest BCUT2D eigenvalue weighted by Gasteiger charge is -2.16. The van der Waals surface area contributed by atoms with Crippen LogP contribution >= 0.6 is 23.1 Å². The van der Waals surface area contributed by atoms with Gasteiger partial charge in [-0.1, -0.05) is 51.6 Å². The second-order valence-corrected chi connectivity index (χ2v) is 9.73. The monoisotopic (exact) mass is 438 g/mol. The Morgan fingerprint density at radius 3 is 2.57 bits per heavy atom. The van der Waals surface area contributed by atoms with Crippen molar-refractivity contribution in [3.8, 4) is 0 Å². The van der Waals surface area contributed by atoms with Gasteiger partial charge in [-0.25, -0.2) is 0 Å². The molecular weight excluding hydrogens is 412 g/mol. The molecule has 4 aromatic rings. The van der Waals surface area contributed by atoms with Crippen LogP contribution in [0.5, 0.6) is 0 Å². The first-order chi connectivity index (χ1) is 14.5. The van der Waals surface area contributed by atoms with E-state index < -0.39 is 0 Å². The molecule has 0 unspecified atom stereocenters. The highest BCUT2D eigenvalue weighted by Crippen LogP contribution is 2.34. The third kappa shape index (κ3) is 3.96. The maximum atomic E-state index is 13.0. The Balaban J connectivity index is 1.58. The Morgan fingerprint density at radius 2 is 1.90 bits per heavy atom. The predicted octanol–water partition coefficient (Wildman–Crippen LogP) is 6.14. The fourth-order valence-electron chi connectivity index (χ4n) is 3.50. The van der Waals surface area contributed by atoms with Gasteiger partial charge in [0.05, 0.1) is 21.0 Å². The summed E-state index contributed by atoms with van der Waals surface area (Å²) in [5, 5.41) is 14.6. The second-order valence-electron chi connectivity index (χ2n) is 7.59. The van der Waals surface area contributed by atoms with Crippen molar-refractivity contribution < 1.29 is 4.79 Å². The zero-order valence-corrected chi connectivity index (χ0v) is 19.3. The van der Waals surface area contributed by atoms with Gasteiger partial charge in [-0.05, 0) is 47.5 Å². The summed E-state index contributed by atoms with van der Waals surface area (Å²) in [6.07, 6.45) is 1.51. The van der Waals surface area contributed by atoms with Crippen molar-refractivity contribution in [2.45, 2.75) is 56.7 Å². The molecule has 1 aromatic carbocycles. The van der Waals surface area contributed by atoms with Gasteiger partial charge in [0.25, 0.3) is 0 Å². The van der Waals surface area contributed by atoms with Gasteiger partial charge in [0, 0.05) is 12.1 Å². The molecular formula is C23H26N4OS2. The lowest BCUT2D eigenvalue weighted by atomic mass is 10.0. The molecule has 0 aliphatic carbocycles. The van der Waals surface area contributed by atoms with E-state index in [1.807, 2.05) is 19.1 Å². The number of thiophene rings is 1. The number of nitrogens with zero attached hydrogens (tertiary/aromatic N) is 3. The summed E-state index contributed by atoms with van der Waals surface area (Å²) in [5.74, 6) is 1.40. The van der Waals surface area contributed by atoms with Crippen molar-refractivity contribution in [3.05, 3.63) is 53.2 Å². The maximum Gasteiger partial charge on any atom is 0.237 e. The molecule has 0 spiro atoms. The number of rotatable bonds is 7. The minimum Gasteiger partial charge on any atom is -0.325 e. The van der Waals surface area contributed by atoms with Crippen LogP contribution in [0.3, 0.4) is 0 Å². The van der Waals surface area contributed by atoms with E-state index in [0.717, 1.165) is 34.0 Å². The van der Waals surface area contributed by atoms with E-state index in [-0.39, 0.29) is 11.2 Å². The van der Waals surface area contributed by atoms with Crippen LogP contribution in [0.25, 0.3) is 15.7 Å². The minimum absolute atomic E-state index is 0.00677. The van der Waals surface area contributed by atoms with Gasteiger partial charge in [-0.3, -0.25) is 9.20 Å². The first-order valence-corrected chi connectivity index (χ1v) is 12.1. The van der Waals surface area contributed by atoms with Gasteiger partial charge in [-0.2, -0.15) is 0 Å². The van der Waals surface area contributed by atoms with Gasteiger partial charge in [0.1, 0.15) is 10.9 Å². The largest absolute Gasteiger partial charge is 0.325 e. The highest BCUT2D eigenvalue weighted by atomic mass is 32.2. The Bertz CT molecular complexity index is 1180. The molecule has 3 heterocycles. The number of aryl methyl sites for hydroxylation is 1. The molecule has 1 amide bonds. The van der Waals surface area contributed by atoms with E-state index >= 15 is 0 Å². The van der Waals surface area contributed by atoms with E-state index in [9.17, 15) is 4.79 Å². The summed E-state index contributed by atoms with van der Waals surface area (Å²) in [6.45, 7) is 8.44. The average molecular weight is 439 g/mol. The summed E-state index contributed by atoms with van der Waals surface area (Å²) in [5.41, 5.74) is 4.27. The van der Waals surface area contributed by atoms with Crippen molar-refractivity contribution in [2.75, 3.05) is 5.32 Å². The van der Waals surface area contributed by atoms with E-state index in [0.29, 0.717) is 12.3 Å². The topological polar surface area (TPSA) is 59.3 Å². The smallest absolute Gasteiger partial charge is 0.237 e. The van der Waals surface area contributed by atoms with Gasteiger partial charge >= 0.3 is 0 Å². The maximum absolute atomic E-state index is 13.0. The first kappa shape index (κ1) is 20.9. The summed E-state index contributed by atoms with van der Waals surface area (Å²) < 4.78 is 3.39. The normalized spacial score (nSPS) is 12.7. The van der Waals surface area contributed by atoms with E-state index in [1.165, 1.54) is 22.0 Å². The van der Waals surface area contributed by atoms with E-state index in [1.54, 1.807) is 11.3 Å².